The molecule has 0 aliphatic heterocycles. The predicted molar refractivity (Wildman–Crippen MR) is 73.3 cm³/mol. The van der Waals surface area contributed by atoms with Gasteiger partial charge in [-0.2, -0.15) is 0 Å². The maximum atomic E-state index is 5.74. The van der Waals surface area contributed by atoms with Gasteiger partial charge >= 0.3 is 0 Å². The van der Waals surface area contributed by atoms with E-state index in [4.69, 9.17) is 4.74 Å². The zero-order chi connectivity index (χ0) is 12.9. The van der Waals surface area contributed by atoms with Crippen molar-refractivity contribution in [1.82, 2.24) is 10.6 Å². The van der Waals surface area contributed by atoms with E-state index in [9.17, 15) is 0 Å². The van der Waals surface area contributed by atoms with E-state index in [1.54, 1.807) is 0 Å². The molecule has 1 rings (SSSR count). The molecule has 3 atom stereocenters. The van der Waals surface area contributed by atoms with Crippen LogP contribution in [-0.4, -0.2) is 38.4 Å². The van der Waals surface area contributed by atoms with Crippen LogP contribution in [0.3, 0.4) is 0 Å². The molecule has 1 saturated carbocycles. The fraction of sp³-hybridized carbons (Fsp3) is 1.00. The Morgan fingerprint density at radius 3 is 2.53 bits per heavy atom. The second-order valence-corrected chi connectivity index (χ2v) is 5.87. The number of hydrogen-bond donors (Lipinski definition) is 2. The lowest BCUT2D eigenvalue weighted by molar-refractivity contribution is -0.114. The summed E-state index contributed by atoms with van der Waals surface area (Å²) in [5.74, 6) is 0.692. The van der Waals surface area contributed by atoms with Gasteiger partial charge in [0.25, 0.3) is 0 Å². The molecule has 1 aliphatic carbocycles. The molecule has 2 N–H and O–H groups in total. The normalized spacial score (nSPS) is 28.8. The summed E-state index contributed by atoms with van der Waals surface area (Å²) in [4.78, 5) is 0. The smallest absolute Gasteiger partial charge is 0.0655 e. The van der Waals surface area contributed by atoms with Crippen molar-refractivity contribution in [2.45, 2.75) is 53.2 Å². The highest BCUT2D eigenvalue weighted by Gasteiger charge is 2.48. The van der Waals surface area contributed by atoms with Crippen molar-refractivity contribution in [3.63, 3.8) is 0 Å². The van der Waals surface area contributed by atoms with Crippen LogP contribution in [0.25, 0.3) is 0 Å². The topological polar surface area (TPSA) is 33.3 Å². The van der Waals surface area contributed by atoms with Crippen molar-refractivity contribution < 1.29 is 4.74 Å². The molecular formula is C14H30N2O. The van der Waals surface area contributed by atoms with Crippen LogP contribution in [0.5, 0.6) is 0 Å². The summed E-state index contributed by atoms with van der Waals surface area (Å²) in [6.07, 6.45) is 1.60. The number of rotatable bonds is 8. The molecule has 102 valence electrons. The molecule has 1 aliphatic rings. The highest BCUT2D eigenvalue weighted by Crippen LogP contribution is 2.42. The lowest BCUT2D eigenvalue weighted by Gasteiger charge is -2.52. The Morgan fingerprint density at radius 2 is 2.00 bits per heavy atom. The van der Waals surface area contributed by atoms with Gasteiger partial charge in [-0.05, 0) is 38.9 Å². The average molecular weight is 242 g/mol. The van der Waals surface area contributed by atoms with Gasteiger partial charge in [0.05, 0.1) is 6.10 Å². The fourth-order valence-corrected chi connectivity index (χ4v) is 2.52. The lowest BCUT2D eigenvalue weighted by atomic mass is 9.64. The molecule has 3 nitrogen and oxygen atoms in total. The third-order valence-corrected chi connectivity index (χ3v) is 4.00. The van der Waals surface area contributed by atoms with E-state index in [1.165, 1.54) is 0 Å². The van der Waals surface area contributed by atoms with Gasteiger partial charge in [0.15, 0.2) is 0 Å². The van der Waals surface area contributed by atoms with Gasteiger partial charge < -0.3 is 15.4 Å². The molecule has 0 heterocycles. The molecular weight excluding hydrogens is 212 g/mol. The van der Waals surface area contributed by atoms with Gasteiger partial charge in [-0.15, -0.1) is 0 Å². The first-order valence-corrected chi connectivity index (χ1v) is 7.08. The summed E-state index contributed by atoms with van der Waals surface area (Å²) < 4.78 is 5.74. The Bertz CT molecular complexity index is 218. The first kappa shape index (κ1) is 14.9. The molecule has 0 saturated heterocycles. The molecule has 1 fully saturated rings. The maximum absolute atomic E-state index is 5.74. The van der Waals surface area contributed by atoms with Crippen LogP contribution < -0.4 is 10.6 Å². The van der Waals surface area contributed by atoms with E-state index >= 15 is 0 Å². The van der Waals surface area contributed by atoms with Crippen molar-refractivity contribution in [3.05, 3.63) is 0 Å². The van der Waals surface area contributed by atoms with E-state index in [1.807, 2.05) is 0 Å². The molecule has 0 aromatic carbocycles. The Labute approximate surface area is 107 Å². The van der Waals surface area contributed by atoms with Crippen molar-refractivity contribution in [2.75, 3.05) is 26.2 Å². The van der Waals surface area contributed by atoms with Crippen molar-refractivity contribution in [1.29, 1.82) is 0 Å². The predicted octanol–water partition coefficient (Wildman–Crippen LogP) is 2.03. The summed E-state index contributed by atoms with van der Waals surface area (Å²) in [5, 5.41) is 7.08. The third-order valence-electron chi connectivity index (χ3n) is 4.00. The standard InChI is InChI=1S/C14H30N2O/c1-6-15-9-11(3)10-16-12-8-13(17-7-2)14(12,4)5/h11-13,15-16H,6-10H2,1-5H3. The van der Waals surface area contributed by atoms with Crippen molar-refractivity contribution in [2.24, 2.45) is 11.3 Å². The fourth-order valence-electron chi connectivity index (χ4n) is 2.52. The number of hydrogen-bond acceptors (Lipinski definition) is 3. The van der Waals surface area contributed by atoms with Gasteiger partial charge in [0.1, 0.15) is 0 Å². The first-order valence-electron chi connectivity index (χ1n) is 7.08. The molecule has 3 unspecified atom stereocenters. The van der Waals surface area contributed by atoms with E-state index in [-0.39, 0.29) is 5.41 Å². The summed E-state index contributed by atoms with van der Waals surface area (Å²) in [6, 6.07) is 0.614. The largest absolute Gasteiger partial charge is 0.378 e. The van der Waals surface area contributed by atoms with Crippen LogP contribution in [0, 0.1) is 11.3 Å². The Morgan fingerprint density at radius 1 is 1.29 bits per heavy atom. The minimum atomic E-state index is 0.286. The van der Waals surface area contributed by atoms with Gasteiger partial charge in [-0.1, -0.05) is 27.7 Å². The second-order valence-electron chi connectivity index (χ2n) is 5.87. The minimum Gasteiger partial charge on any atom is -0.378 e. The second kappa shape index (κ2) is 6.72. The van der Waals surface area contributed by atoms with Crippen molar-refractivity contribution in [3.8, 4) is 0 Å². The SMILES string of the molecule is CCNCC(C)CNC1CC(OCC)C1(C)C. The molecule has 3 heteroatoms. The van der Waals surface area contributed by atoms with Crippen LogP contribution in [0.2, 0.25) is 0 Å². The lowest BCUT2D eigenvalue weighted by Crippen LogP contribution is -2.61. The zero-order valence-electron chi connectivity index (χ0n) is 12.2. The molecule has 0 spiro atoms. The maximum Gasteiger partial charge on any atom is 0.0655 e. The Kier molecular flexibility index (Phi) is 5.90. The molecule has 0 aromatic heterocycles. The highest BCUT2D eigenvalue weighted by atomic mass is 16.5. The Balaban J connectivity index is 2.21. The van der Waals surface area contributed by atoms with Crippen LogP contribution in [0.4, 0.5) is 0 Å². The average Bonchev–Trinajstić information content (AvgIpc) is 2.30. The van der Waals surface area contributed by atoms with Crippen LogP contribution in [0.15, 0.2) is 0 Å². The number of nitrogens with one attached hydrogen (secondary N) is 2. The molecule has 0 radical (unpaired) electrons. The van der Waals surface area contributed by atoms with Crippen molar-refractivity contribution >= 4 is 0 Å². The summed E-state index contributed by atoms with van der Waals surface area (Å²) in [7, 11) is 0. The third kappa shape index (κ3) is 3.94. The molecule has 0 bridgehead atoms. The zero-order valence-corrected chi connectivity index (χ0v) is 12.2. The summed E-state index contributed by atoms with van der Waals surface area (Å²) in [5.41, 5.74) is 0.286. The van der Waals surface area contributed by atoms with Crippen LogP contribution >= 0.6 is 0 Å². The van der Waals surface area contributed by atoms with Gasteiger partial charge in [0, 0.05) is 18.1 Å². The highest BCUT2D eigenvalue weighted by molar-refractivity contribution is 5.02. The van der Waals surface area contributed by atoms with Gasteiger partial charge in [0.2, 0.25) is 0 Å². The van der Waals surface area contributed by atoms with Gasteiger partial charge in [-0.25, -0.2) is 0 Å². The Hall–Kier alpha value is -0.120. The molecule has 0 aromatic rings. The van der Waals surface area contributed by atoms with E-state index in [0.717, 1.165) is 32.7 Å². The molecule has 0 amide bonds. The minimum absolute atomic E-state index is 0.286. The summed E-state index contributed by atoms with van der Waals surface area (Å²) in [6.45, 7) is 15.2. The van der Waals surface area contributed by atoms with E-state index < -0.39 is 0 Å². The monoisotopic (exact) mass is 242 g/mol. The van der Waals surface area contributed by atoms with E-state index in [0.29, 0.717) is 18.1 Å². The molecule has 17 heavy (non-hydrogen) atoms. The first-order chi connectivity index (χ1) is 8.02. The van der Waals surface area contributed by atoms with Gasteiger partial charge in [-0.3, -0.25) is 0 Å². The number of ether oxygens (including phenoxy) is 1. The quantitative estimate of drug-likeness (QED) is 0.683. The van der Waals surface area contributed by atoms with Crippen LogP contribution in [0.1, 0.15) is 41.0 Å². The summed E-state index contributed by atoms with van der Waals surface area (Å²) >= 11 is 0. The van der Waals surface area contributed by atoms with E-state index in [2.05, 4.69) is 45.3 Å². The van der Waals surface area contributed by atoms with Crippen LogP contribution in [-0.2, 0) is 4.74 Å².